The van der Waals surface area contributed by atoms with Crippen LogP contribution in [0.3, 0.4) is 0 Å². The maximum atomic E-state index is 13.0. The van der Waals surface area contributed by atoms with Crippen LogP contribution in [-0.4, -0.2) is 17.8 Å². The lowest BCUT2D eigenvalue weighted by atomic mass is 9.88. The molecule has 19 heavy (non-hydrogen) atoms. The van der Waals surface area contributed by atoms with Gasteiger partial charge in [0.15, 0.2) is 0 Å². The van der Waals surface area contributed by atoms with E-state index in [1.54, 1.807) is 18.3 Å². The van der Waals surface area contributed by atoms with E-state index in [0.717, 1.165) is 27.6 Å². The van der Waals surface area contributed by atoms with Crippen LogP contribution in [0.5, 0.6) is 0 Å². The minimum atomic E-state index is -0.270. The number of nitrogens with two attached hydrogens (primary N) is 1. The summed E-state index contributed by atoms with van der Waals surface area (Å²) in [6.07, 6.45) is 1.73. The van der Waals surface area contributed by atoms with Gasteiger partial charge in [-0.1, -0.05) is 0 Å². The quantitative estimate of drug-likeness (QED) is 0.663. The molecule has 0 amide bonds. The predicted molar refractivity (Wildman–Crippen MR) is 77.5 cm³/mol. The van der Waals surface area contributed by atoms with Crippen LogP contribution in [0.25, 0.3) is 22.2 Å². The highest BCUT2D eigenvalue weighted by Crippen LogP contribution is 2.22. The van der Waals surface area contributed by atoms with E-state index in [9.17, 15) is 4.39 Å². The van der Waals surface area contributed by atoms with Gasteiger partial charge in [-0.3, -0.25) is 4.98 Å². The smallest absolute Gasteiger partial charge is 0.145 e. The average Bonchev–Trinajstić information content (AvgIpc) is 2.44. The number of benzene rings is 1. The molecule has 2 N–H and O–H groups in total. The lowest BCUT2D eigenvalue weighted by Gasteiger charge is -2.10. The van der Waals surface area contributed by atoms with E-state index < -0.39 is 0 Å². The molecule has 1 aromatic carbocycles. The molecule has 0 unspecified atom stereocenters. The van der Waals surface area contributed by atoms with Crippen LogP contribution in [0.4, 0.5) is 10.2 Å². The van der Waals surface area contributed by atoms with Crippen LogP contribution in [0.2, 0.25) is 0 Å². The van der Waals surface area contributed by atoms with E-state index in [2.05, 4.69) is 9.97 Å². The summed E-state index contributed by atoms with van der Waals surface area (Å²) in [5, 5.41) is 0.839. The Morgan fingerprint density at radius 3 is 2.58 bits per heavy atom. The molecule has 0 saturated heterocycles. The van der Waals surface area contributed by atoms with Crippen molar-refractivity contribution in [3.63, 3.8) is 0 Å². The number of nitrogens with zero attached hydrogens (tertiary/aromatic N) is 2. The topological polar surface area (TPSA) is 51.8 Å². The van der Waals surface area contributed by atoms with Gasteiger partial charge < -0.3 is 5.73 Å². The molecule has 0 aliphatic rings. The van der Waals surface area contributed by atoms with Gasteiger partial charge in [-0.25, -0.2) is 9.37 Å². The number of fused-ring (bicyclic) bond motifs is 1. The Morgan fingerprint density at radius 1 is 1.11 bits per heavy atom. The summed E-state index contributed by atoms with van der Waals surface area (Å²) >= 11 is 0. The average molecular weight is 251 g/mol. The van der Waals surface area contributed by atoms with E-state index in [0.29, 0.717) is 5.82 Å². The van der Waals surface area contributed by atoms with Crippen LogP contribution < -0.4 is 11.2 Å². The molecular formula is C14H11BFN3. The van der Waals surface area contributed by atoms with E-state index in [4.69, 9.17) is 5.73 Å². The minimum Gasteiger partial charge on any atom is -0.383 e. The molecule has 3 aromatic rings. The molecule has 0 atom stereocenters. The van der Waals surface area contributed by atoms with Crippen LogP contribution in [0.15, 0.2) is 42.6 Å². The highest BCUT2D eigenvalue weighted by atomic mass is 19.1. The molecule has 0 saturated carbocycles. The normalized spacial score (nSPS) is 10.8. The Bertz CT molecular complexity index is 756. The van der Waals surface area contributed by atoms with Crippen LogP contribution in [-0.2, 0) is 0 Å². The summed E-state index contributed by atoms with van der Waals surface area (Å²) in [6.45, 7) is 0. The van der Waals surface area contributed by atoms with Gasteiger partial charge in [-0.05, 0) is 47.4 Å². The maximum absolute atomic E-state index is 13.0. The number of hydrogen-bond acceptors (Lipinski definition) is 3. The van der Waals surface area contributed by atoms with Gasteiger partial charge >= 0.3 is 0 Å². The second kappa shape index (κ2) is 4.35. The number of halogens is 1. The molecule has 5 heteroatoms. The second-order valence-corrected chi connectivity index (χ2v) is 4.38. The van der Waals surface area contributed by atoms with Crippen molar-refractivity contribution in [2.45, 2.75) is 0 Å². The zero-order valence-electron chi connectivity index (χ0n) is 10.4. The molecular weight excluding hydrogens is 240 g/mol. The van der Waals surface area contributed by atoms with E-state index in [1.165, 1.54) is 12.1 Å². The van der Waals surface area contributed by atoms with Crippen molar-refractivity contribution in [2.75, 3.05) is 5.73 Å². The van der Waals surface area contributed by atoms with Gasteiger partial charge in [0.25, 0.3) is 0 Å². The Hall–Kier alpha value is -2.43. The minimum absolute atomic E-state index is 0.270. The first-order valence-corrected chi connectivity index (χ1v) is 5.93. The molecule has 0 bridgehead atoms. The monoisotopic (exact) mass is 251 g/mol. The summed E-state index contributed by atoms with van der Waals surface area (Å²) in [4.78, 5) is 8.77. The number of hydrogen-bond donors (Lipinski definition) is 1. The first-order chi connectivity index (χ1) is 9.16. The van der Waals surface area contributed by atoms with E-state index in [-0.39, 0.29) is 5.82 Å². The maximum Gasteiger partial charge on any atom is 0.145 e. The van der Waals surface area contributed by atoms with Crippen molar-refractivity contribution in [3.8, 4) is 11.3 Å². The van der Waals surface area contributed by atoms with Crippen LogP contribution in [0.1, 0.15) is 0 Å². The van der Waals surface area contributed by atoms with Gasteiger partial charge in [0.1, 0.15) is 19.5 Å². The highest BCUT2D eigenvalue weighted by Gasteiger charge is 2.11. The molecule has 2 heterocycles. The summed E-state index contributed by atoms with van der Waals surface area (Å²) in [7, 11) is 1.94. The van der Waals surface area contributed by atoms with Gasteiger partial charge in [-0.2, -0.15) is 0 Å². The van der Waals surface area contributed by atoms with Crippen LogP contribution in [0, 0.1) is 5.82 Å². The number of rotatable bonds is 1. The molecule has 3 nitrogen and oxygen atoms in total. The molecule has 0 radical (unpaired) electrons. The van der Waals surface area contributed by atoms with E-state index >= 15 is 0 Å². The molecule has 0 aliphatic heterocycles. The lowest BCUT2D eigenvalue weighted by molar-refractivity contribution is 0.628. The number of aromatic nitrogens is 2. The largest absolute Gasteiger partial charge is 0.383 e. The molecule has 92 valence electrons. The fraction of sp³-hybridized carbons (Fsp3) is 0. The van der Waals surface area contributed by atoms with Gasteiger partial charge in [-0.15, -0.1) is 0 Å². The number of pyridine rings is 2. The fourth-order valence-electron chi connectivity index (χ4n) is 2.18. The van der Waals surface area contributed by atoms with Crippen LogP contribution >= 0.6 is 0 Å². The summed E-state index contributed by atoms with van der Waals surface area (Å²) in [6, 6.07) is 9.94. The van der Waals surface area contributed by atoms with Crippen molar-refractivity contribution in [2.24, 2.45) is 0 Å². The Labute approximate surface area is 110 Å². The third-order valence-corrected chi connectivity index (χ3v) is 3.14. The molecule has 0 spiro atoms. The predicted octanol–water partition coefficient (Wildman–Crippen LogP) is 1.28. The molecule has 3 rings (SSSR count). The highest BCUT2D eigenvalue weighted by molar-refractivity contribution is 6.41. The molecule has 2 aromatic heterocycles. The SMILES string of the molecule is Bc1c(-c2ccc(F)cc2)nc(N)c2cccnc12. The van der Waals surface area contributed by atoms with Gasteiger partial charge in [0.2, 0.25) is 0 Å². The zero-order chi connectivity index (χ0) is 13.4. The first-order valence-electron chi connectivity index (χ1n) is 5.93. The van der Waals surface area contributed by atoms with Gasteiger partial charge in [0.05, 0.1) is 11.2 Å². The number of anilines is 1. The Balaban J connectivity index is 2.30. The third kappa shape index (κ3) is 1.93. The summed E-state index contributed by atoms with van der Waals surface area (Å²) in [5.74, 6) is 0.168. The lowest BCUT2D eigenvalue weighted by Crippen LogP contribution is -2.14. The standard InChI is InChI=1S/C14H11BFN3/c15-11-12(8-3-5-9(16)6-4-8)19-14(17)10-2-1-7-18-13(10)11/h1-7H,15H2,(H2,17,19). The third-order valence-electron chi connectivity index (χ3n) is 3.14. The van der Waals surface area contributed by atoms with Crippen molar-refractivity contribution < 1.29 is 4.39 Å². The molecule has 0 fully saturated rings. The fourth-order valence-corrected chi connectivity index (χ4v) is 2.18. The Kier molecular flexibility index (Phi) is 2.67. The number of nitrogen functional groups attached to an aromatic ring is 1. The summed E-state index contributed by atoms with van der Waals surface area (Å²) < 4.78 is 13.0. The van der Waals surface area contributed by atoms with Gasteiger partial charge in [0, 0.05) is 11.6 Å². The van der Waals surface area contributed by atoms with E-state index in [1.807, 2.05) is 20.0 Å². The van der Waals surface area contributed by atoms with Crippen molar-refractivity contribution in [1.82, 2.24) is 9.97 Å². The van der Waals surface area contributed by atoms with Crippen molar-refractivity contribution in [3.05, 3.63) is 48.4 Å². The second-order valence-electron chi connectivity index (χ2n) is 4.38. The Morgan fingerprint density at radius 2 is 1.84 bits per heavy atom. The zero-order valence-corrected chi connectivity index (χ0v) is 10.4. The molecule has 0 aliphatic carbocycles. The van der Waals surface area contributed by atoms with Crippen molar-refractivity contribution in [1.29, 1.82) is 0 Å². The van der Waals surface area contributed by atoms with Crippen molar-refractivity contribution >= 4 is 30.0 Å². The summed E-state index contributed by atoms with van der Waals surface area (Å²) in [5.41, 5.74) is 9.31. The first kappa shape index (κ1) is 11.7.